The molecule has 1 amide bonds. The zero-order valence-corrected chi connectivity index (χ0v) is 16.8. The van der Waals surface area contributed by atoms with E-state index in [2.05, 4.69) is 37.0 Å². The molecule has 3 rings (SSSR count). The first-order valence-corrected chi connectivity index (χ1v) is 10.1. The van der Waals surface area contributed by atoms with E-state index in [1.807, 2.05) is 0 Å². The van der Waals surface area contributed by atoms with Crippen molar-refractivity contribution < 1.29 is 18.3 Å². The number of hydrogen-bond donors (Lipinski definition) is 1. The Morgan fingerprint density at radius 3 is 2.69 bits per heavy atom. The van der Waals surface area contributed by atoms with Crippen LogP contribution in [0.25, 0.3) is 11.4 Å². The highest BCUT2D eigenvalue weighted by Gasteiger charge is 2.16. The van der Waals surface area contributed by atoms with Gasteiger partial charge in [0.15, 0.2) is 11.0 Å². The molecule has 3 aromatic rings. The Labute approximate surface area is 173 Å². The normalized spacial score (nSPS) is 10.9. The standard InChI is InChI=1S/C17H16F2N6O2S2/c1-3-8-25-14(11-4-6-12(7-5-11)27-15(18)19)22-24-17(25)28-9-13(26)20-16-23-21-10(2)29-16/h3-7,15H,1,8-9H2,2H3,(H,20,23,26). The summed E-state index contributed by atoms with van der Waals surface area (Å²) in [4.78, 5) is 12.1. The second-order valence-electron chi connectivity index (χ2n) is 5.57. The maximum absolute atomic E-state index is 12.3. The lowest BCUT2D eigenvalue weighted by molar-refractivity contribution is -0.113. The van der Waals surface area contributed by atoms with Crippen LogP contribution in [-0.2, 0) is 11.3 Å². The van der Waals surface area contributed by atoms with Crippen molar-refractivity contribution in [2.75, 3.05) is 11.1 Å². The molecule has 12 heteroatoms. The molecule has 8 nitrogen and oxygen atoms in total. The van der Waals surface area contributed by atoms with Crippen LogP contribution in [0.1, 0.15) is 5.01 Å². The van der Waals surface area contributed by atoms with Crippen LogP contribution in [0.2, 0.25) is 0 Å². The van der Waals surface area contributed by atoms with Crippen LogP contribution in [0.15, 0.2) is 42.1 Å². The van der Waals surface area contributed by atoms with Crippen LogP contribution in [0.4, 0.5) is 13.9 Å². The van der Waals surface area contributed by atoms with Gasteiger partial charge >= 0.3 is 6.61 Å². The number of aryl methyl sites for hydroxylation is 1. The van der Waals surface area contributed by atoms with Crippen molar-refractivity contribution in [1.29, 1.82) is 0 Å². The van der Waals surface area contributed by atoms with Crippen molar-refractivity contribution in [3.05, 3.63) is 41.9 Å². The minimum Gasteiger partial charge on any atom is -0.435 e. The van der Waals surface area contributed by atoms with Crippen molar-refractivity contribution in [3.8, 4) is 17.1 Å². The fourth-order valence-electron chi connectivity index (χ4n) is 2.32. The molecule has 0 radical (unpaired) electrons. The lowest BCUT2D eigenvalue weighted by Crippen LogP contribution is -2.14. The summed E-state index contributed by atoms with van der Waals surface area (Å²) in [6, 6.07) is 6.08. The topological polar surface area (TPSA) is 94.8 Å². The van der Waals surface area contributed by atoms with Crippen molar-refractivity contribution in [2.45, 2.75) is 25.2 Å². The lowest BCUT2D eigenvalue weighted by Gasteiger charge is -2.09. The van der Waals surface area contributed by atoms with Crippen molar-refractivity contribution >= 4 is 34.1 Å². The van der Waals surface area contributed by atoms with Crippen molar-refractivity contribution in [1.82, 2.24) is 25.0 Å². The van der Waals surface area contributed by atoms with Gasteiger partial charge in [0.1, 0.15) is 10.8 Å². The molecule has 0 aliphatic carbocycles. The molecule has 2 aromatic heterocycles. The molecule has 29 heavy (non-hydrogen) atoms. The van der Waals surface area contributed by atoms with E-state index in [9.17, 15) is 13.6 Å². The summed E-state index contributed by atoms with van der Waals surface area (Å²) < 4.78 is 30.7. The average Bonchev–Trinajstić information content (AvgIpc) is 3.27. The molecular weight excluding hydrogens is 422 g/mol. The van der Waals surface area contributed by atoms with Gasteiger partial charge in [-0.15, -0.1) is 27.0 Å². The van der Waals surface area contributed by atoms with Gasteiger partial charge in [0, 0.05) is 12.1 Å². The van der Waals surface area contributed by atoms with E-state index >= 15 is 0 Å². The molecule has 0 bridgehead atoms. The van der Waals surface area contributed by atoms with Crippen molar-refractivity contribution in [2.24, 2.45) is 0 Å². The molecule has 0 atom stereocenters. The molecule has 1 aromatic carbocycles. The van der Waals surface area contributed by atoms with Crippen LogP contribution >= 0.6 is 23.1 Å². The third-order valence-corrected chi connectivity index (χ3v) is 5.19. The maximum Gasteiger partial charge on any atom is 0.387 e. The van der Waals surface area contributed by atoms with Crippen LogP contribution in [0, 0.1) is 6.92 Å². The van der Waals surface area contributed by atoms with Crippen LogP contribution in [0.5, 0.6) is 5.75 Å². The highest BCUT2D eigenvalue weighted by Crippen LogP contribution is 2.26. The molecule has 0 unspecified atom stereocenters. The van der Waals surface area contributed by atoms with E-state index in [0.29, 0.717) is 28.2 Å². The zero-order chi connectivity index (χ0) is 20.8. The summed E-state index contributed by atoms with van der Waals surface area (Å²) in [5, 5.41) is 20.4. The number of carbonyl (C=O) groups excluding carboxylic acids is 1. The number of hydrogen-bond acceptors (Lipinski definition) is 8. The molecule has 0 aliphatic rings. The Hall–Kier alpha value is -2.86. The Morgan fingerprint density at radius 1 is 1.31 bits per heavy atom. The quantitative estimate of drug-likeness (QED) is 0.403. The number of amides is 1. The Morgan fingerprint density at radius 2 is 2.07 bits per heavy atom. The van der Waals surface area contributed by atoms with Gasteiger partial charge in [0.25, 0.3) is 0 Å². The highest BCUT2D eigenvalue weighted by molar-refractivity contribution is 7.99. The van der Waals surface area contributed by atoms with E-state index < -0.39 is 6.61 Å². The monoisotopic (exact) mass is 438 g/mol. The summed E-state index contributed by atoms with van der Waals surface area (Å²) in [6.07, 6.45) is 1.68. The molecule has 0 spiro atoms. The molecule has 152 valence electrons. The molecule has 0 saturated heterocycles. The number of halogens is 2. The van der Waals surface area contributed by atoms with Crippen LogP contribution in [-0.4, -0.2) is 43.2 Å². The van der Waals surface area contributed by atoms with Gasteiger partial charge in [-0.1, -0.05) is 29.2 Å². The summed E-state index contributed by atoms with van der Waals surface area (Å²) >= 11 is 2.50. The minimum absolute atomic E-state index is 0.0525. The fourth-order valence-corrected chi connectivity index (χ4v) is 3.68. The van der Waals surface area contributed by atoms with Gasteiger partial charge in [-0.2, -0.15) is 8.78 Å². The van der Waals surface area contributed by atoms with E-state index in [1.54, 1.807) is 29.7 Å². The number of ether oxygens (including phenoxy) is 1. The third-order valence-electron chi connectivity index (χ3n) is 3.47. The Bertz CT molecular complexity index is 990. The first-order chi connectivity index (χ1) is 14.0. The molecule has 2 heterocycles. The number of alkyl halides is 2. The smallest absolute Gasteiger partial charge is 0.387 e. The molecule has 0 aliphatic heterocycles. The van der Waals surface area contributed by atoms with Gasteiger partial charge in [-0.05, 0) is 31.2 Å². The molecule has 0 fully saturated rings. The Balaban J connectivity index is 1.71. The average molecular weight is 438 g/mol. The van der Waals surface area contributed by atoms with Gasteiger partial charge in [-0.25, -0.2) is 0 Å². The second kappa shape index (κ2) is 9.56. The van der Waals surface area contributed by atoms with E-state index in [4.69, 9.17) is 0 Å². The largest absolute Gasteiger partial charge is 0.435 e. The lowest BCUT2D eigenvalue weighted by atomic mass is 10.2. The number of nitrogens with zero attached hydrogens (tertiary/aromatic N) is 5. The molecule has 1 N–H and O–H groups in total. The number of thioether (sulfide) groups is 1. The van der Waals surface area contributed by atoms with E-state index in [0.717, 1.165) is 5.01 Å². The van der Waals surface area contributed by atoms with Gasteiger partial charge < -0.3 is 4.74 Å². The predicted octanol–water partition coefficient (Wildman–Crippen LogP) is 3.62. The Kier molecular flexibility index (Phi) is 6.88. The third kappa shape index (κ3) is 5.57. The first-order valence-electron chi connectivity index (χ1n) is 8.28. The summed E-state index contributed by atoms with van der Waals surface area (Å²) in [5.41, 5.74) is 0.668. The number of nitrogens with one attached hydrogen (secondary N) is 1. The van der Waals surface area contributed by atoms with Gasteiger partial charge in [0.2, 0.25) is 11.0 Å². The number of carbonyl (C=O) groups is 1. The zero-order valence-electron chi connectivity index (χ0n) is 15.2. The highest BCUT2D eigenvalue weighted by atomic mass is 32.2. The van der Waals surface area contributed by atoms with Gasteiger partial charge in [-0.3, -0.25) is 14.7 Å². The number of aromatic nitrogens is 5. The van der Waals surface area contributed by atoms with Gasteiger partial charge in [0.05, 0.1) is 5.75 Å². The van der Waals surface area contributed by atoms with Crippen LogP contribution in [0.3, 0.4) is 0 Å². The number of benzene rings is 1. The summed E-state index contributed by atoms with van der Waals surface area (Å²) in [6.45, 7) is 3.06. The predicted molar refractivity (Wildman–Crippen MR) is 106 cm³/mol. The van der Waals surface area contributed by atoms with E-state index in [1.165, 1.54) is 35.2 Å². The van der Waals surface area contributed by atoms with E-state index in [-0.39, 0.29) is 17.4 Å². The van der Waals surface area contributed by atoms with Crippen LogP contribution < -0.4 is 10.1 Å². The summed E-state index contributed by atoms with van der Waals surface area (Å²) in [5.74, 6) is 0.442. The minimum atomic E-state index is -2.89. The second-order valence-corrected chi connectivity index (χ2v) is 7.70. The molecule has 0 saturated carbocycles. The molecular formula is C17H16F2N6O2S2. The first kappa shape index (κ1) is 20.9. The maximum atomic E-state index is 12.3. The number of allylic oxidation sites excluding steroid dienone is 1. The SMILES string of the molecule is C=CCn1c(SCC(=O)Nc2nnc(C)s2)nnc1-c1ccc(OC(F)F)cc1. The summed E-state index contributed by atoms with van der Waals surface area (Å²) in [7, 11) is 0. The fraction of sp³-hybridized carbons (Fsp3) is 0.235. The number of anilines is 1. The number of rotatable bonds is 9. The van der Waals surface area contributed by atoms with Crippen molar-refractivity contribution in [3.63, 3.8) is 0 Å².